The molecule has 6 nitrogen and oxygen atoms in total. The van der Waals surface area contributed by atoms with Gasteiger partial charge in [0.1, 0.15) is 18.3 Å². The maximum absolute atomic E-state index is 13.3. The Bertz CT molecular complexity index is 918. The van der Waals surface area contributed by atoms with E-state index in [1.807, 2.05) is 60.7 Å². The Labute approximate surface area is 228 Å². The fourth-order valence-corrected chi connectivity index (χ4v) is 4.64. The molecule has 2 aromatic carbocycles. The van der Waals surface area contributed by atoms with Crippen molar-refractivity contribution in [2.45, 2.75) is 102 Å². The quantitative estimate of drug-likeness (QED) is 0.122. The van der Waals surface area contributed by atoms with Crippen LogP contribution >= 0.6 is 0 Å². The van der Waals surface area contributed by atoms with Gasteiger partial charge in [-0.25, -0.2) is 4.79 Å². The van der Waals surface area contributed by atoms with Gasteiger partial charge in [-0.1, -0.05) is 119 Å². The molecule has 1 fully saturated rings. The lowest BCUT2D eigenvalue weighted by molar-refractivity contribution is -0.183. The maximum atomic E-state index is 13.3. The SMILES string of the molecule is C=C[C@@H](CCCCCCCCC)OC(=O)[C@@H]1O[C@@H](OC)[C@H](OCc2ccccc2)[C@H]1OCc1ccccc1. The van der Waals surface area contributed by atoms with E-state index in [4.69, 9.17) is 23.7 Å². The number of carbonyl (C=O) groups is 1. The molecule has 0 bridgehead atoms. The Morgan fingerprint density at radius 1 is 0.868 bits per heavy atom. The van der Waals surface area contributed by atoms with Crippen molar-refractivity contribution >= 4 is 5.97 Å². The Kier molecular flexibility index (Phi) is 13.6. The smallest absolute Gasteiger partial charge is 0.338 e. The van der Waals surface area contributed by atoms with Gasteiger partial charge in [-0.15, -0.1) is 0 Å². The average molecular weight is 525 g/mol. The number of rotatable bonds is 18. The second-order valence-corrected chi connectivity index (χ2v) is 9.80. The minimum Gasteiger partial charge on any atom is -0.456 e. The third-order valence-electron chi connectivity index (χ3n) is 6.83. The summed E-state index contributed by atoms with van der Waals surface area (Å²) in [5.74, 6) is -0.483. The van der Waals surface area contributed by atoms with Crippen LogP contribution in [0, 0.1) is 0 Å². The van der Waals surface area contributed by atoms with Crippen LogP contribution in [0.2, 0.25) is 0 Å². The van der Waals surface area contributed by atoms with Gasteiger partial charge in [0.25, 0.3) is 0 Å². The van der Waals surface area contributed by atoms with E-state index in [0.29, 0.717) is 13.2 Å². The van der Waals surface area contributed by atoms with Gasteiger partial charge in [0.2, 0.25) is 0 Å². The van der Waals surface area contributed by atoms with E-state index in [2.05, 4.69) is 13.5 Å². The van der Waals surface area contributed by atoms with Crippen molar-refractivity contribution in [1.29, 1.82) is 0 Å². The van der Waals surface area contributed by atoms with Crippen LogP contribution in [-0.2, 0) is 41.7 Å². The van der Waals surface area contributed by atoms with E-state index in [1.165, 1.54) is 32.1 Å². The van der Waals surface area contributed by atoms with E-state index in [1.54, 1.807) is 13.2 Å². The summed E-state index contributed by atoms with van der Waals surface area (Å²) in [7, 11) is 1.54. The molecule has 0 radical (unpaired) electrons. The van der Waals surface area contributed by atoms with Crippen molar-refractivity contribution in [1.82, 2.24) is 0 Å². The number of esters is 1. The normalized spacial score (nSPS) is 21.7. The van der Waals surface area contributed by atoms with E-state index in [0.717, 1.165) is 30.4 Å². The summed E-state index contributed by atoms with van der Waals surface area (Å²) in [5, 5.41) is 0. The summed E-state index contributed by atoms with van der Waals surface area (Å²) in [6, 6.07) is 19.7. The van der Waals surface area contributed by atoms with Crippen LogP contribution in [0.15, 0.2) is 73.3 Å². The van der Waals surface area contributed by atoms with Gasteiger partial charge in [-0.2, -0.15) is 0 Å². The summed E-state index contributed by atoms with van der Waals surface area (Å²) in [6.45, 7) is 6.76. The molecule has 0 aromatic heterocycles. The molecule has 0 spiro atoms. The fraction of sp³-hybridized carbons (Fsp3) is 0.531. The molecule has 0 aliphatic carbocycles. The van der Waals surface area contributed by atoms with E-state index in [9.17, 15) is 4.79 Å². The summed E-state index contributed by atoms with van der Waals surface area (Å²) in [5.41, 5.74) is 2.00. The lowest BCUT2D eigenvalue weighted by Gasteiger charge is -2.24. The van der Waals surface area contributed by atoms with Crippen molar-refractivity contribution in [2.24, 2.45) is 0 Å². The Morgan fingerprint density at radius 3 is 1.97 bits per heavy atom. The van der Waals surface area contributed by atoms with Gasteiger partial charge in [0, 0.05) is 7.11 Å². The van der Waals surface area contributed by atoms with Crippen molar-refractivity contribution in [3.05, 3.63) is 84.4 Å². The summed E-state index contributed by atoms with van der Waals surface area (Å²) in [6.07, 6.45) is 7.42. The number of benzene rings is 2. The lowest BCUT2D eigenvalue weighted by Crippen LogP contribution is -2.42. The van der Waals surface area contributed by atoms with Crippen LogP contribution in [0.25, 0.3) is 0 Å². The zero-order valence-electron chi connectivity index (χ0n) is 23.0. The maximum Gasteiger partial charge on any atom is 0.338 e. The minimum atomic E-state index is -0.971. The van der Waals surface area contributed by atoms with Gasteiger partial charge in [-0.3, -0.25) is 0 Å². The molecule has 0 N–H and O–H groups in total. The second-order valence-electron chi connectivity index (χ2n) is 9.80. The predicted molar refractivity (Wildman–Crippen MR) is 148 cm³/mol. The number of hydrogen-bond acceptors (Lipinski definition) is 6. The monoisotopic (exact) mass is 524 g/mol. The van der Waals surface area contributed by atoms with Gasteiger partial charge < -0.3 is 23.7 Å². The molecule has 6 heteroatoms. The van der Waals surface area contributed by atoms with E-state index < -0.39 is 30.6 Å². The van der Waals surface area contributed by atoms with Crippen LogP contribution in [0.1, 0.15) is 69.4 Å². The topological polar surface area (TPSA) is 63.2 Å². The molecule has 0 unspecified atom stereocenters. The molecular weight excluding hydrogens is 480 g/mol. The first-order chi connectivity index (χ1) is 18.7. The highest BCUT2D eigenvalue weighted by molar-refractivity contribution is 5.76. The van der Waals surface area contributed by atoms with E-state index in [-0.39, 0.29) is 6.10 Å². The zero-order valence-corrected chi connectivity index (χ0v) is 23.0. The molecule has 1 aliphatic heterocycles. The van der Waals surface area contributed by atoms with Gasteiger partial charge in [-0.05, 0) is 24.0 Å². The molecule has 2 aromatic rings. The highest BCUT2D eigenvalue weighted by Gasteiger charge is 2.51. The van der Waals surface area contributed by atoms with Crippen molar-refractivity contribution in [3.8, 4) is 0 Å². The molecule has 38 heavy (non-hydrogen) atoms. The first-order valence-electron chi connectivity index (χ1n) is 14.0. The third kappa shape index (κ3) is 9.66. The molecule has 0 amide bonds. The largest absolute Gasteiger partial charge is 0.456 e. The predicted octanol–water partition coefficient (Wildman–Crippen LogP) is 6.77. The first kappa shape index (κ1) is 30.0. The van der Waals surface area contributed by atoms with Crippen LogP contribution in [0.3, 0.4) is 0 Å². The fourth-order valence-electron chi connectivity index (χ4n) is 4.64. The molecule has 1 aliphatic rings. The number of ether oxygens (including phenoxy) is 5. The molecule has 1 saturated heterocycles. The zero-order chi connectivity index (χ0) is 27.0. The number of hydrogen-bond donors (Lipinski definition) is 0. The van der Waals surface area contributed by atoms with Crippen LogP contribution in [-0.4, -0.2) is 43.8 Å². The molecular formula is C32H44O6. The van der Waals surface area contributed by atoms with Crippen LogP contribution in [0.5, 0.6) is 0 Å². The molecule has 3 rings (SSSR count). The molecule has 0 saturated carbocycles. The first-order valence-corrected chi connectivity index (χ1v) is 14.0. The van der Waals surface area contributed by atoms with Gasteiger partial charge >= 0.3 is 5.97 Å². The average Bonchev–Trinajstić information content (AvgIpc) is 3.32. The standard InChI is InChI=1S/C32H44O6/c1-4-6-7-8-9-10-17-22-27(5-2)37-31(33)29-28(35-23-25-18-13-11-14-19-25)30(32(34-3)38-29)36-24-26-20-15-12-16-21-26/h5,11-16,18-21,27-30,32H,2,4,6-10,17,22-24H2,1,3H3/t27-,28-,29+,30+,32+/m0/s1. The molecule has 5 atom stereocenters. The van der Waals surface area contributed by atoms with Crippen LogP contribution < -0.4 is 0 Å². The Morgan fingerprint density at radius 2 is 1.42 bits per heavy atom. The minimum absolute atomic E-state index is 0.309. The number of carbonyl (C=O) groups excluding carboxylic acids is 1. The number of unbranched alkanes of at least 4 members (excludes halogenated alkanes) is 6. The summed E-state index contributed by atoms with van der Waals surface area (Å²) >= 11 is 0. The summed E-state index contributed by atoms with van der Waals surface area (Å²) in [4.78, 5) is 13.3. The highest BCUT2D eigenvalue weighted by atomic mass is 16.7. The molecule has 1 heterocycles. The lowest BCUT2D eigenvalue weighted by atomic mass is 10.1. The summed E-state index contributed by atoms with van der Waals surface area (Å²) < 4.78 is 29.9. The Balaban J connectivity index is 1.62. The Hall–Kier alpha value is -2.51. The second kappa shape index (κ2) is 17.2. The van der Waals surface area contributed by atoms with Gasteiger partial charge in [0.15, 0.2) is 12.4 Å². The van der Waals surface area contributed by atoms with Crippen molar-refractivity contribution < 1.29 is 28.5 Å². The highest BCUT2D eigenvalue weighted by Crippen LogP contribution is 2.30. The van der Waals surface area contributed by atoms with Crippen molar-refractivity contribution in [3.63, 3.8) is 0 Å². The number of methoxy groups -OCH3 is 1. The van der Waals surface area contributed by atoms with Gasteiger partial charge in [0.05, 0.1) is 13.2 Å². The third-order valence-corrected chi connectivity index (χ3v) is 6.83. The molecule has 208 valence electrons. The van der Waals surface area contributed by atoms with Crippen LogP contribution in [0.4, 0.5) is 0 Å². The van der Waals surface area contributed by atoms with Crippen molar-refractivity contribution in [2.75, 3.05) is 7.11 Å². The van der Waals surface area contributed by atoms with E-state index >= 15 is 0 Å².